The third-order valence-electron chi connectivity index (χ3n) is 9.23. The normalized spacial score (nSPS) is 25.0. The van der Waals surface area contributed by atoms with Crippen molar-refractivity contribution in [1.82, 2.24) is 15.3 Å². The molecule has 0 aliphatic heterocycles. The first kappa shape index (κ1) is 31.1. The largest absolute Gasteiger partial charge is 0.369 e. The summed E-state index contributed by atoms with van der Waals surface area (Å²) in [6.45, 7) is 7.03. The Bertz CT molecular complexity index is 1180. The van der Waals surface area contributed by atoms with Crippen LogP contribution in [0.15, 0.2) is 30.5 Å². The molecule has 3 N–H and O–H groups in total. The predicted molar refractivity (Wildman–Crippen MR) is 166 cm³/mol. The Kier molecular flexibility index (Phi) is 12.1. The highest BCUT2D eigenvalue weighted by Crippen LogP contribution is 2.38. The van der Waals surface area contributed by atoms with Crippen LogP contribution < -0.4 is 16.0 Å². The molecule has 1 unspecified atom stereocenters. The SMILES string of the molecule is CCCCC1C[C@@H](CNc2nc(NCc3ccccc3Cl)ncc2C#N)C[C@H]([C@H](C)NC[C@H]2CC[C@@H](C#N)CC2)C1. The number of aromatic nitrogens is 2. The molecule has 1 aromatic carbocycles. The number of nitriles is 2. The zero-order chi connectivity index (χ0) is 29.0. The van der Waals surface area contributed by atoms with Gasteiger partial charge in [-0.1, -0.05) is 56.0 Å². The standard InChI is InChI=1S/C33H46ClN7/c1-3-4-7-26-14-27(16-29(15-26)23(2)37-19-25-12-10-24(17-35)11-13-25)20-38-32-30(18-36)22-40-33(41-32)39-21-28-8-5-6-9-31(28)34/h5-6,8-9,22-27,29,37H,3-4,7,10-16,19-21H2,1-2H3,(H2,38,39,40,41)/t23-,24-,25+,26?,27+,29+/m0/s1. The van der Waals surface area contributed by atoms with E-state index in [1.54, 1.807) is 6.20 Å². The molecule has 4 rings (SSSR count). The summed E-state index contributed by atoms with van der Waals surface area (Å²) in [5, 5.41) is 30.3. The van der Waals surface area contributed by atoms with Crippen molar-refractivity contribution in [3.05, 3.63) is 46.6 Å². The molecule has 2 fully saturated rings. The summed E-state index contributed by atoms with van der Waals surface area (Å²) in [5.41, 5.74) is 1.44. The molecule has 220 valence electrons. The molecular formula is C33H46ClN7. The minimum atomic E-state index is 0.264. The number of nitrogens with zero attached hydrogens (tertiary/aromatic N) is 4. The highest BCUT2D eigenvalue weighted by molar-refractivity contribution is 6.31. The van der Waals surface area contributed by atoms with Gasteiger partial charge in [-0.25, -0.2) is 4.98 Å². The van der Waals surface area contributed by atoms with Gasteiger partial charge in [0.2, 0.25) is 5.95 Å². The fraction of sp³-hybridized carbons (Fsp3) is 0.636. The monoisotopic (exact) mass is 575 g/mol. The Balaban J connectivity index is 1.34. The zero-order valence-electron chi connectivity index (χ0n) is 24.7. The molecule has 2 aromatic rings. The Morgan fingerprint density at radius 1 is 1.00 bits per heavy atom. The molecule has 2 saturated carbocycles. The number of nitrogens with one attached hydrogen (secondary N) is 3. The van der Waals surface area contributed by atoms with Gasteiger partial charge in [0.1, 0.15) is 17.5 Å². The molecule has 0 saturated heterocycles. The molecule has 41 heavy (non-hydrogen) atoms. The smallest absolute Gasteiger partial charge is 0.224 e. The van der Waals surface area contributed by atoms with E-state index >= 15 is 0 Å². The lowest BCUT2D eigenvalue weighted by Gasteiger charge is -2.39. The predicted octanol–water partition coefficient (Wildman–Crippen LogP) is 7.56. The topological polar surface area (TPSA) is 109 Å². The molecule has 8 heteroatoms. The third-order valence-corrected chi connectivity index (χ3v) is 9.60. The van der Waals surface area contributed by atoms with E-state index in [2.05, 4.69) is 51.9 Å². The van der Waals surface area contributed by atoms with Crippen LogP contribution in [0.5, 0.6) is 0 Å². The minimum Gasteiger partial charge on any atom is -0.369 e. The second-order valence-corrected chi connectivity index (χ2v) is 12.7. The quantitative estimate of drug-likeness (QED) is 0.226. The number of unbranched alkanes of at least 4 members (excludes halogenated alkanes) is 1. The molecule has 2 aliphatic carbocycles. The molecule has 2 aliphatic rings. The van der Waals surface area contributed by atoms with Crippen LogP contribution in [0.2, 0.25) is 5.02 Å². The first-order valence-electron chi connectivity index (χ1n) is 15.6. The maximum atomic E-state index is 9.71. The summed E-state index contributed by atoms with van der Waals surface area (Å²) < 4.78 is 0. The first-order chi connectivity index (χ1) is 20.0. The van der Waals surface area contributed by atoms with Gasteiger partial charge in [-0.3, -0.25) is 0 Å². The summed E-state index contributed by atoms with van der Waals surface area (Å²) in [4.78, 5) is 9.00. The Morgan fingerprint density at radius 2 is 1.78 bits per heavy atom. The van der Waals surface area contributed by atoms with Crippen molar-refractivity contribution < 1.29 is 0 Å². The number of hydrogen-bond acceptors (Lipinski definition) is 7. The van der Waals surface area contributed by atoms with Crippen molar-refractivity contribution in [2.75, 3.05) is 23.7 Å². The van der Waals surface area contributed by atoms with Gasteiger partial charge in [0, 0.05) is 30.1 Å². The second kappa shape index (κ2) is 15.9. The number of benzene rings is 1. The van der Waals surface area contributed by atoms with Crippen LogP contribution in [0.3, 0.4) is 0 Å². The summed E-state index contributed by atoms with van der Waals surface area (Å²) in [5.74, 6) is 3.95. The van der Waals surface area contributed by atoms with Gasteiger partial charge in [0.25, 0.3) is 0 Å². The molecule has 4 atom stereocenters. The number of halogens is 1. The van der Waals surface area contributed by atoms with Crippen LogP contribution in [-0.4, -0.2) is 29.1 Å². The first-order valence-corrected chi connectivity index (χ1v) is 16.0. The second-order valence-electron chi connectivity index (χ2n) is 12.3. The summed E-state index contributed by atoms with van der Waals surface area (Å²) in [6.07, 6.45) is 13.5. The van der Waals surface area contributed by atoms with E-state index in [0.717, 1.165) is 37.4 Å². The maximum Gasteiger partial charge on any atom is 0.224 e. The van der Waals surface area contributed by atoms with Crippen molar-refractivity contribution in [2.45, 2.75) is 90.6 Å². The van der Waals surface area contributed by atoms with Crippen LogP contribution in [-0.2, 0) is 6.54 Å². The van der Waals surface area contributed by atoms with E-state index in [1.807, 2.05) is 24.3 Å². The van der Waals surface area contributed by atoms with Crippen LogP contribution in [0, 0.1) is 52.3 Å². The van der Waals surface area contributed by atoms with Crippen molar-refractivity contribution in [2.24, 2.45) is 29.6 Å². The van der Waals surface area contributed by atoms with Gasteiger partial charge in [-0.15, -0.1) is 0 Å². The lowest BCUT2D eigenvalue weighted by Crippen LogP contribution is -2.41. The van der Waals surface area contributed by atoms with Crippen molar-refractivity contribution in [3.8, 4) is 12.1 Å². The van der Waals surface area contributed by atoms with Gasteiger partial charge in [-0.2, -0.15) is 15.5 Å². The lowest BCUT2D eigenvalue weighted by molar-refractivity contribution is 0.156. The number of rotatable bonds is 13. The zero-order valence-corrected chi connectivity index (χ0v) is 25.5. The number of hydrogen-bond donors (Lipinski definition) is 3. The average molecular weight is 576 g/mol. The van der Waals surface area contributed by atoms with Crippen LogP contribution in [0.25, 0.3) is 0 Å². The van der Waals surface area contributed by atoms with Crippen LogP contribution >= 0.6 is 11.6 Å². The van der Waals surface area contributed by atoms with Crippen molar-refractivity contribution in [1.29, 1.82) is 10.5 Å². The van der Waals surface area contributed by atoms with E-state index < -0.39 is 0 Å². The third kappa shape index (κ3) is 9.32. The molecule has 0 bridgehead atoms. The maximum absolute atomic E-state index is 9.71. The fourth-order valence-corrected chi connectivity index (χ4v) is 6.88. The fourth-order valence-electron chi connectivity index (χ4n) is 6.68. The molecular weight excluding hydrogens is 530 g/mol. The van der Waals surface area contributed by atoms with Gasteiger partial charge in [-0.05, 0) is 93.7 Å². The average Bonchev–Trinajstić information content (AvgIpc) is 3.01. The van der Waals surface area contributed by atoms with Crippen LogP contribution in [0.1, 0.15) is 89.2 Å². The molecule has 0 spiro atoms. The summed E-state index contributed by atoms with van der Waals surface area (Å²) in [7, 11) is 0. The van der Waals surface area contributed by atoms with E-state index in [9.17, 15) is 10.5 Å². The summed E-state index contributed by atoms with van der Waals surface area (Å²) >= 11 is 6.30. The number of anilines is 2. The molecule has 0 amide bonds. The van der Waals surface area contributed by atoms with Crippen LogP contribution in [0.4, 0.5) is 11.8 Å². The minimum absolute atomic E-state index is 0.264. The Morgan fingerprint density at radius 3 is 2.51 bits per heavy atom. The van der Waals surface area contributed by atoms with E-state index in [0.29, 0.717) is 52.7 Å². The van der Waals surface area contributed by atoms with Gasteiger partial charge < -0.3 is 16.0 Å². The molecule has 1 heterocycles. The highest BCUT2D eigenvalue weighted by Gasteiger charge is 2.32. The van der Waals surface area contributed by atoms with E-state index in [-0.39, 0.29) is 5.92 Å². The molecule has 1 aromatic heterocycles. The highest BCUT2D eigenvalue weighted by atomic mass is 35.5. The van der Waals surface area contributed by atoms with Crippen molar-refractivity contribution >= 4 is 23.4 Å². The Hall–Kier alpha value is -2.87. The van der Waals surface area contributed by atoms with Gasteiger partial charge >= 0.3 is 0 Å². The van der Waals surface area contributed by atoms with E-state index in [1.165, 1.54) is 51.4 Å². The molecule has 7 nitrogen and oxygen atoms in total. The Labute approximate surface area is 251 Å². The van der Waals surface area contributed by atoms with E-state index in [4.69, 9.17) is 11.6 Å². The lowest BCUT2D eigenvalue weighted by atomic mass is 9.71. The van der Waals surface area contributed by atoms with Gasteiger partial charge in [0.05, 0.1) is 12.3 Å². The van der Waals surface area contributed by atoms with Gasteiger partial charge in [0.15, 0.2) is 0 Å². The summed E-state index contributed by atoms with van der Waals surface area (Å²) in [6, 6.07) is 12.9. The molecule has 0 radical (unpaired) electrons. The van der Waals surface area contributed by atoms with Crippen molar-refractivity contribution in [3.63, 3.8) is 0 Å².